The van der Waals surface area contributed by atoms with Crippen molar-refractivity contribution in [3.63, 3.8) is 0 Å². The molecule has 0 rings (SSSR count). The quantitative estimate of drug-likeness (QED) is 0.518. The summed E-state index contributed by atoms with van der Waals surface area (Å²) in [4.78, 5) is 32.0. The molecule has 0 aliphatic heterocycles. The van der Waals surface area contributed by atoms with E-state index in [0.717, 1.165) is 39.1 Å². The molecule has 1 unspecified atom stereocenters. The maximum Gasteiger partial charge on any atom is 0.106 e. The Kier molecular flexibility index (Phi) is 53.3. The fraction of sp³-hybridized carbons (Fsp3) is 0.789. The highest BCUT2D eigenvalue weighted by Crippen LogP contribution is 2.06. The Balaban J connectivity index is -0.000000160. The topological polar surface area (TPSA) is 107 Å². The predicted molar refractivity (Wildman–Crippen MR) is 104 cm³/mol. The first kappa shape index (κ1) is 35.6. The third-order valence-corrected chi connectivity index (χ3v) is 2.96. The summed E-state index contributed by atoms with van der Waals surface area (Å²) in [7, 11) is 0. The number of hydrogen-bond acceptors (Lipinski definition) is 7. The van der Waals surface area contributed by atoms with Crippen LogP contribution >= 0.6 is 0 Å². The van der Waals surface area contributed by atoms with Gasteiger partial charge in [-0.3, -0.25) is 0 Å². The molecule has 0 aromatic carbocycles. The van der Waals surface area contributed by atoms with Gasteiger partial charge in [0.15, 0.2) is 0 Å². The molecule has 0 spiro atoms. The van der Waals surface area contributed by atoms with Gasteiger partial charge in [0.25, 0.3) is 0 Å². The van der Waals surface area contributed by atoms with Gasteiger partial charge in [-0.1, -0.05) is 27.7 Å². The second-order valence-corrected chi connectivity index (χ2v) is 5.89. The average Bonchev–Trinajstić information content (AvgIpc) is 2.69. The number of carbonyl (C=O) groups is 4. The third-order valence-electron chi connectivity index (χ3n) is 2.96. The van der Waals surface area contributed by atoms with Gasteiger partial charge < -0.3 is 33.8 Å². The van der Waals surface area contributed by atoms with Crippen LogP contribution in [0.1, 0.15) is 47.0 Å². The lowest BCUT2D eigenvalue weighted by Gasteiger charge is -2.15. The molecule has 0 bridgehead atoms. The van der Waals surface area contributed by atoms with Crippen LogP contribution in [-0.4, -0.2) is 65.3 Å². The van der Waals surface area contributed by atoms with Gasteiger partial charge in [-0.25, -0.2) is 0 Å². The van der Waals surface area contributed by atoms with Gasteiger partial charge in [-0.05, 0) is 31.1 Å². The van der Waals surface area contributed by atoms with Crippen LogP contribution in [0.2, 0.25) is 0 Å². The molecule has 0 aromatic heterocycles. The van der Waals surface area contributed by atoms with E-state index in [2.05, 4.69) is 27.7 Å². The highest BCUT2D eigenvalue weighted by molar-refractivity contribution is 5.11. The molecule has 0 aromatic rings. The van der Waals surface area contributed by atoms with E-state index in [1.165, 1.54) is 0 Å². The number of aliphatic hydroxyl groups is 1. The zero-order chi connectivity index (χ0) is 21.8. The maximum atomic E-state index is 9.24. The first-order valence-corrected chi connectivity index (χ1v) is 8.48. The van der Waals surface area contributed by atoms with Gasteiger partial charge in [0.2, 0.25) is 0 Å². The first-order chi connectivity index (χ1) is 12.6. The van der Waals surface area contributed by atoms with Crippen LogP contribution in [0.25, 0.3) is 0 Å². The molecule has 0 saturated heterocycles. The number of aliphatic hydroxyl groups excluding tert-OH is 1. The van der Waals surface area contributed by atoms with Gasteiger partial charge in [0.1, 0.15) is 27.2 Å². The molecule has 1 atom stereocenters. The van der Waals surface area contributed by atoms with Crippen molar-refractivity contribution < 1.29 is 33.8 Å². The molecule has 7 heteroatoms. The lowest BCUT2D eigenvalue weighted by atomic mass is 10.1. The number of carbonyl (C=O) groups excluding carboxylic acids is 4. The Morgan fingerprint density at radius 2 is 1.00 bits per heavy atom. The molecule has 0 radical (unpaired) electrons. The van der Waals surface area contributed by atoms with E-state index >= 15 is 0 Å². The molecule has 26 heavy (non-hydrogen) atoms. The average molecular weight is 381 g/mol. The summed E-state index contributed by atoms with van der Waals surface area (Å²) in [6.07, 6.45) is 3.08. The zero-order valence-corrected chi connectivity index (χ0v) is 17.1. The van der Waals surface area contributed by atoms with Crippen LogP contribution < -0.4 is 0 Å². The standard InChI is InChI=1S/C15H32O3.4CH2O/c1-13(2)5-8-17-10-7-15(11-16)12-18-9-6-14(3)4;4*1-2/h13-16H,5-12H2,1-4H3;4*1H2. The Hall–Kier alpha value is -1.44. The van der Waals surface area contributed by atoms with Crippen molar-refractivity contribution in [2.75, 3.05) is 33.0 Å². The molecule has 0 aliphatic carbocycles. The highest BCUT2D eigenvalue weighted by Gasteiger charge is 2.08. The summed E-state index contributed by atoms with van der Waals surface area (Å²) in [5.74, 6) is 1.59. The van der Waals surface area contributed by atoms with E-state index in [1.54, 1.807) is 0 Å². The van der Waals surface area contributed by atoms with E-state index in [-0.39, 0.29) is 12.5 Å². The molecule has 0 heterocycles. The zero-order valence-electron chi connectivity index (χ0n) is 17.1. The van der Waals surface area contributed by atoms with Gasteiger partial charge in [-0.2, -0.15) is 0 Å². The molecular formula is C19H40O7. The second-order valence-electron chi connectivity index (χ2n) is 5.89. The van der Waals surface area contributed by atoms with Crippen molar-refractivity contribution in [3.05, 3.63) is 0 Å². The summed E-state index contributed by atoms with van der Waals surface area (Å²) in [6, 6.07) is 0. The minimum atomic E-state index is 0.190. The van der Waals surface area contributed by atoms with Crippen LogP contribution in [0, 0.1) is 17.8 Å². The monoisotopic (exact) mass is 380 g/mol. The summed E-state index contributed by atoms with van der Waals surface area (Å²) < 4.78 is 11.1. The Labute approximate surface area is 159 Å². The Morgan fingerprint density at radius 1 is 0.654 bits per heavy atom. The molecule has 7 nitrogen and oxygen atoms in total. The van der Waals surface area contributed by atoms with Crippen molar-refractivity contribution in [2.45, 2.75) is 47.0 Å². The molecule has 0 aliphatic rings. The fourth-order valence-electron chi connectivity index (χ4n) is 1.47. The lowest BCUT2D eigenvalue weighted by molar-refractivity contribution is -0.0987. The minimum Gasteiger partial charge on any atom is -0.396 e. The largest absolute Gasteiger partial charge is 0.396 e. The molecule has 158 valence electrons. The summed E-state index contributed by atoms with van der Waals surface area (Å²) in [6.45, 7) is 20.0. The van der Waals surface area contributed by atoms with Gasteiger partial charge in [-0.15, -0.1) is 0 Å². The molecule has 0 fully saturated rings. The van der Waals surface area contributed by atoms with Crippen LogP contribution in [0.15, 0.2) is 0 Å². The Morgan fingerprint density at radius 3 is 1.35 bits per heavy atom. The normalized spacial score (nSPS) is 9.96. The predicted octanol–water partition coefficient (Wildman–Crippen LogP) is 2.37. The molecule has 0 saturated carbocycles. The van der Waals surface area contributed by atoms with Crippen LogP contribution in [0.4, 0.5) is 0 Å². The van der Waals surface area contributed by atoms with Crippen LogP contribution in [0.5, 0.6) is 0 Å². The molecule has 0 amide bonds. The van der Waals surface area contributed by atoms with Gasteiger partial charge in [0, 0.05) is 32.3 Å². The van der Waals surface area contributed by atoms with E-state index in [9.17, 15) is 5.11 Å². The van der Waals surface area contributed by atoms with Crippen molar-refractivity contribution in [1.82, 2.24) is 0 Å². The molecule has 1 N–H and O–H groups in total. The van der Waals surface area contributed by atoms with Crippen molar-refractivity contribution in [3.8, 4) is 0 Å². The second kappa shape index (κ2) is 38.9. The summed E-state index contributed by atoms with van der Waals surface area (Å²) in [5, 5.41) is 9.24. The summed E-state index contributed by atoms with van der Waals surface area (Å²) >= 11 is 0. The highest BCUT2D eigenvalue weighted by atomic mass is 16.5. The lowest BCUT2D eigenvalue weighted by Crippen LogP contribution is -2.17. The number of hydrogen-bond donors (Lipinski definition) is 1. The SMILES string of the molecule is C=O.C=O.C=O.C=O.CC(C)CCOCCC(CO)COCCC(C)C. The van der Waals surface area contributed by atoms with E-state index in [0.29, 0.717) is 18.4 Å². The first-order valence-electron chi connectivity index (χ1n) is 8.48. The van der Waals surface area contributed by atoms with Crippen molar-refractivity contribution >= 4 is 27.2 Å². The number of ether oxygens (including phenoxy) is 2. The fourth-order valence-corrected chi connectivity index (χ4v) is 1.47. The van der Waals surface area contributed by atoms with E-state index in [1.807, 2.05) is 27.2 Å². The smallest absolute Gasteiger partial charge is 0.106 e. The maximum absolute atomic E-state index is 9.24. The number of rotatable bonds is 12. The van der Waals surface area contributed by atoms with Gasteiger partial charge >= 0.3 is 0 Å². The Bertz CT molecular complexity index is 218. The molecular weight excluding hydrogens is 340 g/mol. The van der Waals surface area contributed by atoms with Gasteiger partial charge in [0.05, 0.1) is 6.61 Å². The third kappa shape index (κ3) is 43.3. The van der Waals surface area contributed by atoms with Crippen LogP contribution in [-0.2, 0) is 28.7 Å². The van der Waals surface area contributed by atoms with Crippen molar-refractivity contribution in [1.29, 1.82) is 0 Å². The van der Waals surface area contributed by atoms with Crippen LogP contribution in [0.3, 0.4) is 0 Å². The minimum absolute atomic E-state index is 0.190. The summed E-state index contributed by atoms with van der Waals surface area (Å²) in [5.41, 5.74) is 0. The van der Waals surface area contributed by atoms with Crippen molar-refractivity contribution in [2.24, 2.45) is 17.8 Å². The van der Waals surface area contributed by atoms with E-state index < -0.39 is 0 Å². The van der Waals surface area contributed by atoms with E-state index in [4.69, 9.17) is 28.7 Å².